The minimum atomic E-state index is -0.355. The number of hydrogen-bond donors (Lipinski definition) is 1. The Bertz CT molecular complexity index is 353. The molecule has 0 radical (unpaired) electrons. The molecule has 0 fully saturated rings. The normalized spacial score (nSPS) is 12.0. The monoisotopic (exact) mass is 145 g/mol. The molecule has 54 valence electrons. The van der Waals surface area contributed by atoms with Crippen LogP contribution in [0.2, 0.25) is 0 Å². The molecule has 1 amide bonds. The summed E-state index contributed by atoms with van der Waals surface area (Å²) in [6, 6.07) is 5.54. The Morgan fingerprint density at radius 1 is 1.27 bits per heavy atom. The van der Waals surface area contributed by atoms with Gasteiger partial charge in [0.25, 0.3) is 0 Å². The van der Waals surface area contributed by atoms with Gasteiger partial charge in [-0.05, 0) is 17.2 Å². The van der Waals surface area contributed by atoms with E-state index in [1.165, 1.54) is 0 Å². The number of amides is 1. The van der Waals surface area contributed by atoms with Gasteiger partial charge >= 0.3 is 0 Å². The van der Waals surface area contributed by atoms with Crippen LogP contribution in [0.1, 0.15) is 21.5 Å². The molecule has 2 N–H and O–H groups in total. The van der Waals surface area contributed by atoms with E-state index in [0.717, 1.165) is 11.1 Å². The van der Waals surface area contributed by atoms with Gasteiger partial charge in [0.2, 0.25) is 5.91 Å². The molecular weight excluding hydrogens is 138 g/mol. The molecule has 0 saturated carbocycles. The first-order valence-corrected chi connectivity index (χ1v) is 3.40. The van der Waals surface area contributed by atoms with Crippen LogP contribution < -0.4 is 5.73 Å². The van der Waals surface area contributed by atoms with Gasteiger partial charge in [-0.2, -0.15) is 0 Å². The first-order valence-electron chi connectivity index (χ1n) is 3.40. The number of benzene rings is 1. The average Bonchev–Trinajstić information content (AvgIpc) is 1.90. The average molecular weight is 145 g/mol. The minimum Gasteiger partial charge on any atom is -0.366 e. The van der Waals surface area contributed by atoms with Crippen molar-refractivity contribution in [2.24, 2.45) is 5.73 Å². The second-order valence-electron chi connectivity index (χ2n) is 2.51. The molecule has 0 bridgehead atoms. The van der Waals surface area contributed by atoms with Crippen molar-refractivity contribution in [2.75, 3.05) is 0 Å². The molecule has 2 heteroatoms. The van der Waals surface area contributed by atoms with Crippen LogP contribution in [0.5, 0.6) is 0 Å². The summed E-state index contributed by atoms with van der Waals surface area (Å²) >= 11 is 0. The molecule has 0 aliphatic heterocycles. The number of rotatable bonds is 1. The van der Waals surface area contributed by atoms with Crippen LogP contribution in [0.15, 0.2) is 18.2 Å². The van der Waals surface area contributed by atoms with Gasteiger partial charge in [0.05, 0.1) is 0 Å². The lowest BCUT2D eigenvalue weighted by Gasteiger charge is -2.12. The fourth-order valence-corrected chi connectivity index (χ4v) is 1.21. The molecule has 1 aliphatic carbocycles. The lowest BCUT2D eigenvalue weighted by atomic mass is 9.92. The van der Waals surface area contributed by atoms with E-state index in [1.807, 2.05) is 24.3 Å². The molecule has 0 aromatic heterocycles. The summed E-state index contributed by atoms with van der Waals surface area (Å²) < 4.78 is 0. The summed E-state index contributed by atoms with van der Waals surface area (Å²) in [5.74, 6) is -0.355. The Morgan fingerprint density at radius 3 is 2.55 bits per heavy atom. The van der Waals surface area contributed by atoms with Crippen molar-refractivity contribution in [1.29, 1.82) is 0 Å². The van der Waals surface area contributed by atoms with Crippen LogP contribution in [-0.2, 0) is 0 Å². The second-order valence-corrected chi connectivity index (χ2v) is 2.51. The standard InChI is InChI=1S/C9H7NO/c10-9(11)8-3-1-2-6-4-5-7(6)8/h1-5H,(H2,10,11). The van der Waals surface area contributed by atoms with E-state index >= 15 is 0 Å². The van der Waals surface area contributed by atoms with Crippen molar-refractivity contribution in [3.8, 4) is 0 Å². The number of carbonyl (C=O) groups is 1. The van der Waals surface area contributed by atoms with E-state index in [4.69, 9.17) is 5.73 Å². The molecular formula is C9H7NO. The molecule has 0 heterocycles. The third-order valence-electron chi connectivity index (χ3n) is 1.83. The number of nitrogens with two attached hydrogens (primary N) is 1. The van der Waals surface area contributed by atoms with E-state index in [-0.39, 0.29) is 5.91 Å². The quantitative estimate of drug-likeness (QED) is 0.645. The Balaban J connectivity index is 2.61. The smallest absolute Gasteiger partial charge is 0.249 e. The maximum absolute atomic E-state index is 10.8. The fraction of sp³-hybridized carbons (Fsp3) is 0. The molecule has 0 atom stereocenters. The highest BCUT2D eigenvalue weighted by Crippen LogP contribution is 2.26. The van der Waals surface area contributed by atoms with Gasteiger partial charge < -0.3 is 5.73 Å². The molecule has 0 unspecified atom stereocenters. The molecule has 11 heavy (non-hydrogen) atoms. The highest BCUT2D eigenvalue weighted by atomic mass is 16.1. The maximum Gasteiger partial charge on any atom is 0.249 e. The zero-order valence-electron chi connectivity index (χ0n) is 5.87. The van der Waals surface area contributed by atoms with Crippen LogP contribution in [-0.4, -0.2) is 5.91 Å². The van der Waals surface area contributed by atoms with E-state index in [9.17, 15) is 4.79 Å². The predicted octanol–water partition coefficient (Wildman–Crippen LogP) is 1.27. The van der Waals surface area contributed by atoms with Crippen molar-refractivity contribution in [3.05, 3.63) is 34.9 Å². The Labute approximate surface area is 64.3 Å². The van der Waals surface area contributed by atoms with Crippen molar-refractivity contribution in [3.63, 3.8) is 0 Å². The maximum atomic E-state index is 10.8. The van der Waals surface area contributed by atoms with E-state index in [2.05, 4.69) is 0 Å². The fourth-order valence-electron chi connectivity index (χ4n) is 1.21. The van der Waals surface area contributed by atoms with Crippen molar-refractivity contribution < 1.29 is 4.79 Å². The molecule has 2 rings (SSSR count). The van der Waals surface area contributed by atoms with Crippen molar-refractivity contribution >= 4 is 18.1 Å². The lowest BCUT2D eigenvalue weighted by molar-refractivity contribution is 0.1000. The summed E-state index contributed by atoms with van der Waals surface area (Å²) in [7, 11) is 0. The van der Waals surface area contributed by atoms with E-state index < -0.39 is 0 Å². The molecule has 1 aromatic rings. The van der Waals surface area contributed by atoms with Crippen LogP contribution in [0, 0.1) is 0 Å². The molecule has 0 spiro atoms. The molecule has 2 nitrogen and oxygen atoms in total. The van der Waals surface area contributed by atoms with Gasteiger partial charge in [0, 0.05) is 5.56 Å². The topological polar surface area (TPSA) is 43.1 Å². The van der Waals surface area contributed by atoms with Crippen LogP contribution in [0.25, 0.3) is 12.2 Å². The third-order valence-corrected chi connectivity index (χ3v) is 1.83. The molecule has 1 aromatic carbocycles. The number of fused-ring (bicyclic) bond motifs is 1. The largest absolute Gasteiger partial charge is 0.366 e. The Morgan fingerprint density at radius 2 is 2.09 bits per heavy atom. The summed E-state index contributed by atoms with van der Waals surface area (Å²) in [5, 5.41) is 0. The van der Waals surface area contributed by atoms with Crippen LogP contribution in [0.3, 0.4) is 0 Å². The number of hydrogen-bond acceptors (Lipinski definition) is 1. The summed E-state index contributed by atoms with van der Waals surface area (Å²) in [4.78, 5) is 10.8. The van der Waals surface area contributed by atoms with Gasteiger partial charge in [-0.1, -0.05) is 24.3 Å². The number of primary amides is 1. The van der Waals surface area contributed by atoms with Gasteiger partial charge in [-0.3, -0.25) is 4.79 Å². The Kier molecular flexibility index (Phi) is 1.09. The summed E-state index contributed by atoms with van der Waals surface area (Å²) in [5.41, 5.74) is 7.83. The van der Waals surface area contributed by atoms with Gasteiger partial charge in [-0.25, -0.2) is 0 Å². The second kappa shape index (κ2) is 1.95. The number of carbonyl (C=O) groups excluding carboxylic acids is 1. The highest BCUT2D eigenvalue weighted by Gasteiger charge is 2.12. The minimum absolute atomic E-state index is 0.355. The first-order chi connectivity index (χ1) is 5.29. The predicted molar refractivity (Wildman–Crippen MR) is 43.9 cm³/mol. The molecule has 0 saturated heterocycles. The highest BCUT2D eigenvalue weighted by molar-refractivity contribution is 6.02. The SMILES string of the molecule is NC(=O)c1cccc2c1C=C2. The van der Waals surface area contributed by atoms with E-state index in [1.54, 1.807) is 6.07 Å². The van der Waals surface area contributed by atoms with Crippen molar-refractivity contribution in [1.82, 2.24) is 0 Å². The summed E-state index contributed by atoms with van der Waals surface area (Å²) in [6.07, 6.45) is 3.86. The zero-order valence-corrected chi connectivity index (χ0v) is 5.87. The van der Waals surface area contributed by atoms with Crippen LogP contribution in [0.4, 0.5) is 0 Å². The zero-order chi connectivity index (χ0) is 7.84. The Hall–Kier alpha value is -1.57. The first kappa shape index (κ1) is 6.16. The van der Waals surface area contributed by atoms with Gasteiger partial charge in [0.15, 0.2) is 0 Å². The molecule has 1 aliphatic rings. The van der Waals surface area contributed by atoms with E-state index in [0.29, 0.717) is 5.56 Å². The van der Waals surface area contributed by atoms with Crippen molar-refractivity contribution in [2.45, 2.75) is 0 Å². The summed E-state index contributed by atoms with van der Waals surface area (Å²) in [6.45, 7) is 0. The lowest BCUT2D eigenvalue weighted by Crippen LogP contribution is -2.14. The van der Waals surface area contributed by atoms with Gasteiger partial charge in [0.1, 0.15) is 0 Å². The van der Waals surface area contributed by atoms with Crippen LogP contribution >= 0.6 is 0 Å². The van der Waals surface area contributed by atoms with Gasteiger partial charge in [-0.15, -0.1) is 0 Å². The third kappa shape index (κ3) is 0.759.